The molecule has 4 heteroatoms. The molecule has 0 radical (unpaired) electrons. The van der Waals surface area contributed by atoms with E-state index in [0.717, 1.165) is 70.3 Å². The van der Waals surface area contributed by atoms with Crippen molar-refractivity contribution in [1.82, 2.24) is 0 Å². The van der Waals surface area contributed by atoms with Crippen molar-refractivity contribution in [3.8, 4) is 11.1 Å². The van der Waals surface area contributed by atoms with Crippen molar-refractivity contribution in [2.75, 3.05) is 4.90 Å². The number of anilines is 3. The van der Waals surface area contributed by atoms with Crippen molar-refractivity contribution in [3.63, 3.8) is 0 Å². The number of fused-ring (bicyclic) bond motifs is 5. The van der Waals surface area contributed by atoms with E-state index in [1.165, 1.54) is 0 Å². The van der Waals surface area contributed by atoms with Gasteiger partial charge in [-0.25, -0.2) is 0 Å². The van der Waals surface area contributed by atoms with Gasteiger partial charge in [0.1, 0.15) is 11.2 Å². The van der Waals surface area contributed by atoms with Gasteiger partial charge in [-0.15, -0.1) is 11.3 Å². The van der Waals surface area contributed by atoms with E-state index in [4.69, 9.17) is 4.42 Å². The molecule has 0 aliphatic carbocycles. The Morgan fingerprint density at radius 3 is 1.78 bits per heavy atom. The summed E-state index contributed by atoms with van der Waals surface area (Å²) >= 11 is 1.63. The predicted octanol–water partition coefficient (Wildman–Crippen LogP) is 10.5. The lowest BCUT2D eigenvalue weighted by Crippen LogP contribution is -2.09. The van der Waals surface area contributed by atoms with E-state index in [2.05, 4.69) is 65.6 Å². The third kappa shape index (κ3) is 4.00. The van der Waals surface area contributed by atoms with Crippen LogP contribution in [0, 0.1) is 0 Å². The Hall–Kier alpha value is -5.19. The SMILES string of the molecule is O=c1c2ccc(-c3ccccc3)cc2sc2cc3oc4cc(N(c5ccccc5)c5ccccc5)ccc4c3cc12. The Kier molecular flexibility index (Phi) is 5.47. The highest BCUT2D eigenvalue weighted by Crippen LogP contribution is 2.40. The Bertz CT molecular complexity index is 2230. The zero-order chi connectivity index (χ0) is 27.3. The number of nitrogens with zero attached hydrogens (tertiary/aromatic N) is 1. The normalized spacial score (nSPS) is 11.5. The molecule has 194 valence electrons. The molecule has 0 saturated heterocycles. The van der Waals surface area contributed by atoms with Gasteiger partial charge < -0.3 is 9.32 Å². The van der Waals surface area contributed by atoms with Gasteiger partial charge in [-0.3, -0.25) is 4.79 Å². The van der Waals surface area contributed by atoms with Crippen LogP contribution < -0.4 is 10.3 Å². The summed E-state index contributed by atoms with van der Waals surface area (Å²) in [5.74, 6) is 0. The van der Waals surface area contributed by atoms with Crippen LogP contribution in [0.5, 0.6) is 0 Å². The molecule has 0 aliphatic rings. The fraction of sp³-hybridized carbons (Fsp3) is 0. The first-order chi connectivity index (χ1) is 20.2. The molecule has 0 amide bonds. The third-order valence-corrected chi connectivity index (χ3v) is 8.76. The largest absolute Gasteiger partial charge is 0.456 e. The van der Waals surface area contributed by atoms with Gasteiger partial charge in [-0.05, 0) is 71.8 Å². The summed E-state index contributed by atoms with van der Waals surface area (Å²) in [5.41, 5.74) is 7.01. The van der Waals surface area contributed by atoms with E-state index in [-0.39, 0.29) is 5.43 Å². The zero-order valence-electron chi connectivity index (χ0n) is 22.0. The van der Waals surface area contributed by atoms with Crippen molar-refractivity contribution in [3.05, 3.63) is 150 Å². The molecule has 0 saturated carbocycles. The molecule has 0 N–H and O–H groups in total. The number of rotatable bonds is 4. The first-order valence-corrected chi connectivity index (χ1v) is 14.4. The number of furan rings is 1. The second-order valence-corrected chi connectivity index (χ2v) is 11.2. The lowest BCUT2D eigenvalue weighted by molar-refractivity contribution is 0.669. The second kappa shape index (κ2) is 9.47. The highest BCUT2D eigenvalue weighted by atomic mass is 32.1. The van der Waals surface area contributed by atoms with E-state index >= 15 is 0 Å². The number of benzene rings is 6. The quantitative estimate of drug-likeness (QED) is 0.206. The van der Waals surface area contributed by atoms with Crippen molar-refractivity contribution in [1.29, 1.82) is 0 Å². The number of para-hydroxylation sites is 2. The lowest BCUT2D eigenvalue weighted by Gasteiger charge is -2.25. The fourth-order valence-electron chi connectivity index (χ4n) is 5.66. The van der Waals surface area contributed by atoms with Crippen LogP contribution in [-0.4, -0.2) is 0 Å². The molecule has 0 fully saturated rings. The first kappa shape index (κ1) is 23.7. The predicted molar refractivity (Wildman–Crippen MR) is 173 cm³/mol. The van der Waals surface area contributed by atoms with Crippen molar-refractivity contribution < 1.29 is 4.42 Å². The molecule has 41 heavy (non-hydrogen) atoms. The molecule has 3 nitrogen and oxygen atoms in total. The summed E-state index contributed by atoms with van der Waals surface area (Å²) in [6.07, 6.45) is 0. The monoisotopic (exact) mass is 545 g/mol. The second-order valence-electron chi connectivity index (χ2n) is 10.1. The molecule has 6 aromatic carbocycles. The van der Waals surface area contributed by atoms with Crippen LogP contribution in [0.1, 0.15) is 0 Å². The maximum atomic E-state index is 13.7. The number of hydrogen-bond acceptors (Lipinski definition) is 4. The molecule has 0 aliphatic heterocycles. The van der Waals surface area contributed by atoms with Gasteiger partial charge in [0.15, 0.2) is 5.43 Å². The van der Waals surface area contributed by atoms with Gasteiger partial charge in [0.2, 0.25) is 0 Å². The van der Waals surface area contributed by atoms with E-state index < -0.39 is 0 Å². The minimum absolute atomic E-state index is 0.0561. The zero-order valence-corrected chi connectivity index (χ0v) is 22.8. The molecule has 8 aromatic rings. The van der Waals surface area contributed by atoms with Crippen molar-refractivity contribution >= 4 is 70.5 Å². The standard InChI is InChI=1S/C37H23NO2S/c39-37-30-18-16-25(24-10-4-1-5-11-24)20-35(30)41-36-23-34-31(22-32(36)37)29-19-17-28(21-33(29)40-34)38(26-12-6-2-7-13-26)27-14-8-3-9-15-27/h1-23H. The summed E-state index contributed by atoms with van der Waals surface area (Å²) in [6, 6.07) is 47.4. The maximum absolute atomic E-state index is 13.7. The molecule has 0 unspecified atom stereocenters. The van der Waals surface area contributed by atoms with Crippen molar-refractivity contribution in [2.24, 2.45) is 0 Å². The minimum Gasteiger partial charge on any atom is -0.456 e. The van der Waals surface area contributed by atoms with Crippen LogP contribution in [-0.2, 0) is 0 Å². The highest BCUT2D eigenvalue weighted by Gasteiger charge is 2.17. The first-order valence-electron chi connectivity index (χ1n) is 13.6. The summed E-state index contributed by atoms with van der Waals surface area (Å²) < 4.78 is 8.35. The van der Waals surface area contributed by atoms with Crippen LogP contribution in [0.3, 0.4) is 0 Å². The topological polar surface area (TPSA) is 33.5 Å². The molecule has 2 aromatic heterocycles. The molecule has 8 rings (SSSR count). The summed E-state index contributed by atoms with van der Waals surface area (Å²) in [6.45, 7) is 0. The molecule has 2 heterocycles. The van der Waals surface area contributed by atoms with Crippen LogP contribution in [0.15, 0.2) is 149 Å². The van der Waals surface area contributed by atoms with E-state index in [1.54, 1.807) is 11.3 Å². The average molecular weight is 546 g/mol. The van der Waals surface area contributed by atoms with Gasteiger partial charge in [-0.2, -0.15) is 0 Å². The summed E-state index contributed by atoms with van der Waals surface area (Å²) in [4.78, 5) is 15.9. The lowest BCUT2D eigenvalue weighted by atomic mass is 10.0. The van der Waals surface area contributed by atoms with Crippen molar-refractivity contribution in [2.45, 2.75) is 0 Å². The average Bonchev–Trinajstić information content (AvgIpc) is 3.38. The van der Waals surface area contributed by atoms with Gasteiger partial charge >= 0.3 is 0 Å². The maximum Gasteiger partial charge on any atom is 0.195 e. The van der Waals surface area contributed by atoms with E-state index in [9.17, 15) is 4.79 Å². The molecular weight excluding hydrogens is 522 g/mol. The summed E-state index contributed by atoms with van der Waals surface area (Å²) in [5, 5.41) is 3.42. The highest BCUT2D eigenvalue weighted by molar-refractivity contribution is 7.24. The molecule has 0 atom stereocenters. The van der Waals surface area contributed by atoms with Crippen LogP contribution in [0.2, 0.25) is 0 Å². The third-order valence-electron chi connectivity index (χ3n) is 7.64. The van der Waals surface area contributed by atoms with Crippen LogP contribution in [0.4, 0.5) is 17.1 Å². The Balaban J connectivity index is 1.30. The Labute approximate surface area is 240 Å². The van der Waals surface area contributed by atoms with Gasteiger partial charge in [0.25, 0.3) is 0 Å². The van der Waals surface area contributed by atoms with Gasteiger partial charge in [-0.1, -0.05) is 72.8 Å². The smallest absolute Gasteiger partial charge is 0.195 e. The molecular formula is C37H23NO2S. The van der Waals surface area contributed by atoms with E-state index in [0.29, 0.717) is 0 Å². The minimum atomic E-state index is 0.0561. The molecule has 0 spiro atoms. The summed E-state index contributed by atoms with van der Waals surface area (Å²) in [7, 11) is 0. The number of hydrogen-bond donors (Lipinski definition) is 0. The van der Waals surface area contributed by atoms with E-state index in [1.807, 2.05) is 78.9 Å². The Morgan fingerprint density at radius 2 is 1.07 bits per heavy atom. The fourth-order valence-corrected chi connectivity index (χ4v) is 6.78. The Morgan fingerprint density at radius 1 is 0.463 bits per heavy atom. The van der Waals surface area contributed by atoms with Gasteiger partial charge in [0.05, 0.1) is 0 Å². The van der Waals surface area contributed by atoms with Crippen LogP contribution >= 0.6 is 11.3 Å². The van der Waals surface area contributed by atoms with Gasteiger partial charge in [0, 0.05) is 54.1 Å². The molecule has 0 bridgehead atoms. The van der Waals surface area contributed by atoms with Crippen LogP contribution in [0.25, 0.3) is 53.2 Å².